The molecule has 0 aromatic heterocycles. The van der Waals surface area contributed by atoms with Crippen LogP contribution in [0.5, 0.6) is 0 Å². The molecule has 0 amide bonds. The third-order valence-corrected chi connectivity index (χ3v) is 9.09. The van der Waals surface area contributed by atoms with Crippen LogP contribution in [0.15, 0.2) is 82.6 Å². The molecule has 1 aliphatic heterocycles. The number of benzene rings is 2. The van der Waals surface area contributed by atoms with Crippen molar-refractivity contribution in [1.82, 2.24) is 4.90 Å². The van der Waals surface area contributed by atoms with E-state index in [1.807, 2.05) is 7.11 Å². The summed E-state index contributed by atoms with van der Waals surface area (Å²) in [4.78, 5) is 2.63. The molecular weight excluding hydrogens is 429 g/mol. The summed E-state index contributed by atoms with van der Waals surface area (Å²) in [7, 11) is 1.28. The molecule has 1 unspecified atom stereocenters. The Balaban J connectivity index is 1.64. The van der Waals surface area contributed by atoms with Crippen molar-refractivity contribution in [2.45, 2.75) is 18.9 Å². The first-order chi connectivity index (χ1) is 13.8. The SMILES string of the molecule is COC[C@@H]1CCCN1CC1C(Br)=CC=C1P(c1ccccc1)c1ccccc1. The van der Waals surface area contributed by atoms with Gasteiger partial charge in [-0.1, -0.05) is 88.7 Å². The number of rotatable bonds is 7. The van der Waals surface area contributed by atoms with Crippen molar-refractivity contribution in [2.24, 2.45) is 5.92 Å². The van der Waals surface area contributed by atoms with Gasteiger partial charge in [-0.05, 0) is 43.2 Å². The molecule has 2 nitrogen and oxygen atoms in total. The summed E-state index contributed by atoms with van der Waals surface area (Å²) in [6, 6.07) is 22.5. The van der Waals surface area contributed by atoms with Crippen molar-refractivity contribution in [2.75, 3.05) is 26.8 Å². The molecule has 28 heavy (non-hydrogen) atoms. The fraction of sp³-hybridized carbons (Fsp3) is 0.333. The lowest BCUT2D eigenvalue weighted by Crippen LogP contribution is -2.37. The van der Waals surface area contributed by atoms with E-state index in [1.54, 1.807) is 5.31 Å². The van der Waals surface area contributed by atoms with Gasteiger partial charge in [-0.25, -0.2) is 0 Å². The third-order valence-electron chi connectivity index (χ3n) is 5.67. The summed E-state index contributed by atoms with van der Waals surface area (Å²) in [5, 5.41) is 4.39. The Labute approximate surface area is 178 Å². The number of allylic oxidation sites excluding steroid dienone is 2. The molecule has 146 valence electrons. The van der Waals surface area contributed by atoms with E-state index in [4.69, 9.17) is 4.74 Å². The highest BCUT2D eigenvalue weighted by Gasteiger charge is 2.34. The molecule has 1 fully saturated rings. The van der Waals surface area contributed by atoms with Gasteiger partial charge in [-0.3, -0.25) is 4.90 Å². The van der Waals surface area contributed by atoms with Crippen LogP contribution in [-0.2, 0) is 4.74 Å². The molecule has 2 aliphatic rings. The molecule has 2 aromatic rings. The molecule has 4 rings (SSSR count). The monoisotopic (exact) mass is 455 g/mol. The van der Waals surface area contributed by atoms with E-state index in [-0.39, 0.29) is 0 Å². The van der Waals surface area contributed by atoms with Crippen LogP contribution in [0.4, 0.5) is 0 Å². The first kappa shape index (κ1) is 20.0. The third kappa shape index (κ3) is 4.33. The summed E-state index contributed by atoms with van der Waals surface area (Å²) in [6.07, 6.45) is 7.14. The quantitative estimate of drug-likeness (QED) is 0.543. The van der Waals surface area contributed by atoms with E-state index in [2.05, 4.69) is 93.6 Å². The van der Waals surface area contributed by atoms with Crippen LogP contribution in [0.3, 0.4) is 0 Å². The molecule has 0 N–H and O–H groups in total. The van der Waals surface area contributed by atoms with Gasteiger partial charge in [0, 0.05) is 30.1 Å². The van der Waals surface area contributed by atoms with Crippen LogP contribution in [0.1, 0.15) is 12.8 Å². The molecular formula is C24H27BrNOP. The number of ether oxygens (including phenoxy) is 1. The highest BCUT2D eigenvalue weighted by Crippen LogP contribution is 2.52. The normalized spacial score (nSPS) is 22.5. The topological polar surface area (TPSA) is 12.5 Å². The van der Waals surface area contributed by atoms with E-state index >= 15 is 0 Å². The van der Waals surface area contributed by atoms with Crippen LogP contribution in [0.2, 0.25) is 0 Å². The second-order valence-electron chi connectivity index (χ2n) is 7.45. The van der Waals surface area contributed by atoms with Gasteiger partial charge >= 0.3 is 0 Å². The Morgan fingerprint density at radius 1 is 1.00 bits per heavy atom. The number of methoxy groups -OCH3 is 1. The zero-order valence-corrected chi connectivity index (χ0v) is 18.8. The maximum absolute atomic E-state index is 5.48. The van der Waals surface area contributed by atoms with Gasteiger partial charge in [0.1, 0.15) is 0 Å². The lowest BCUT2D eigenvalue weighted by Gasteiger charge is -2.31. The summed E-state index contributed by atoms with van der Waals surface area (Å²) in [5.74, 6) is 0.420. The zero-order valence-electron chi connectivity index (χ0n) is 16.3. The molecule has 0 saturated carbocycles. The maximum atomic E-state index is 5.48. The number of hydrogen-bond acceptors (Lipinski definition) is 2. The first-order valence-electron chi connectivity index (χ1n) is 9.98. The molecule has 0 spiro atoms. The molecule has 0 radical (unpaired) electrons. The van der Waals surface area contributed by atoms with Crippen molar-refractivity contribution < 1.29 is 4.74 Å². The van der Waals surface area contributed by atoms with Gasteiger partial charge in [0.15, 0.2) is 0 Å². The number of likely N-dealkylation sites (tertiary alicyclic amines) is 1. The Morgan fingerprint density at radius 2 is 1.64 bits per heavy atom. The molecule has 1 saturated heterocycles. The lowest BCUT2D eigenvalue weighted by molar-refractivity contribution is 0.112. The minimum atomic E-state index is -0.539. The second-order valence-corrected chi connectivity index (χ2v) is 10.6. The number of hydrogen-bond donors (Lipinski definition) is 0. The average molecular weight is 456 g/mol. The lowest BCUT2D eigenvalue weighted by atomic mass is 10.1. The Bertz CT molecular complexity index is 797. The summed E-state index contributed by atoms with van der Waals surface area (Å²) >= 11 is 3.89. The van der Waals surface area contributed by atoms with E-state index in [0.717, 1.165) is 13.2 Å². The summed E-state index contributed by atoms with van der Waals surface area (Å²) in [5.41, 5.74) is 0. The minimum absolute atomic E-state index is 0.420. The van der Waals surface area contributed by atoms with Crippen LogP contribution in [0, 0.1) is 5.92 Å². The predicted molar refractivity (Wildman–Crippen MR) is 124 cm³/mol. The number of halogens is 1. The van der Waals surface area contributed by atoms with Crippen molar-refractivity contribution in [3.05, 3.63) is 82.6 Å². The largest absolute Gasteiger partial charge is 0.383 e. The Morgan fingerprint density at radius 3 is 2.25 bits per heavy atom. The van der Waals surface area contributed by atoms with Gasteiger partial charge in [-0.2, -0.15) is 0 Å². The summed E-state index contributed by atoms with van der Waals surface area (Å²) in [6.45, 7) is 3.07. The summed E-state index contributed by atoms with van der Waals surface area (Å²) < 4.78 is 6.79. The van der Waals surface area contributed by atoms with Crippen LogP contribution in [0.25, 0.3) is 0 Å². The molecule has 2 atom stereocenters. The molecule has 1 aliphatic carbocycles. The number of nitrogens with zero attached hydrogens (tertiary/aromatic N) is 1. The molecule has 1 heterocycles. The van der Waals surface area contributed by atoms with Crippen LogP contribution in [-0.4, -0.2) is 37.7 Å². The molecule has 2 aromatic carbocycles. The van der Waals surface area contributed by atoms with E-state index in [9.17, 15) is 0 Å². The van der Waals surface area contributed by atoms with Gasteiger partial charge in [0.05, 0.1) is 6.61 Å². The van der Waals surface area contributed by atoms with Gasteiger partial charge in [0.2, 0.25) is 0 Å². The molecule has 0 bridgehead atoms. The van der Waals surface area contributed by atoms with Gasteiger partial charge in [-0.15, -0.1) is 0 Å². The van der Waals surface area contributed by atoms with Crippen LogP contribution >= 0.6 is 23.9 Å². The van der Waals surface area contributed by atoms with E-state index in [0.29, 0.717) is 12.0 Å². The maximum Gasteiger partial charge on any atom is 0.0618 e. The van der Waals surface area contributed by atoms with E-state index < -0.39 is 7.92 Å². The van der Waals surface area contributed by atoms with Crippen molar-refractivity contribution in [3.8, 4) is 0 Å². The van der Waals surface area contributed by atoms with Crippen molar-refractivity contribution in [1.29, 1.82) is 0 Å². The van der Waals surface area contributed by atoms with Gasteiger partial charge < -0.3 is 4.74 Å². The fourth-order valence-corrected chi connectivity index (χ4v) is 7.59. The smallest absolute Gasteiger partial charge is 0.0618 e. The first-order valence-corrected chi connectivity index (χ1v) is 12.1. The van der Waals surface area contributed by atoms with Crippen molar-refractivity contribution in [3.63, 3.8) is 0 Å². The van der Waals surface area contributed by atoms with Gasteiger partial charge in [0.25, 0.3) is 0 Å². The highest BCUT2D eigenvalue weighted by molar-refractivity contribution is 9.11. The van der Waals surface area contributed by atoms with E-state index in [1.165, 1.54) is 34.5 Å². The van der Waals surface area contributed by atoms with Crippen LogP contribution < -0.4 is 10.6 Å². The minimum Gasteiger partial charge on any atom is -0.383 e. The van der Waals surface area contributed by atoms with Crippen molar-refractivity contribution >= 4 is 34.5 Å². The fourth-order valence-electron chi connectivity index (χ4n) is 4.30. The average Bonchev–Trinajstić information content (AvgIpc) is 3.32. The zero-order chi connectivity index (χ0) is 19.3. The standard InChI is InChI=1S/C24H27BrNOP/c1-27-18-19-9-8-16-26(19)17-22-23(25)14-15-24(22)28(20-10-4-2-5-11-20)21-12-6-3-7-13-21/h2-7,10-15,19,22H,8-9,16-18H2,1H3/t19-,22?/m0/s1. The Hall–Kier alpha value is -1.25. The highest BCUT2D eigenvalue weighted by atomic mass is 79.9. The Kier molecular flexibility index (Phi) is 6.80. The molecule has 4 heteroatoms. The second kappa shape index (κ2) is 9.50. The predicted octanol–water partition coefficient (Wildman–Crippen LogP) is 5.02.